The lowest BCUT2D eigenvalue weighted by atomic mass is 10.0. The molecule has 1 unspecified atom stereocenters. The fraction of sp³-hybridized carbons (Fsp3) is 0.400. The first-order valence-corrected chi connectivity index (χ1v) is 9.10. The molecule has 0 saturated carbocycles. The van der Waals surface area contributed by atoms with Crippen LogP contribution < -0.4 is 15.8 Å². The average molecular weight is 352 g/mol. The highest BCUT2D eigenvalue weighted by Gasteiger charge is 2.26. The molecule has 1 N–H and O–H groups in total. The molecule has 136 valence electrons. The van der Waals surface area contributed by atoms with Crippen molar-refractivity contribution in [2.24, 2.45) is 0 Å². The van der Waals surface area contributed by atoms with E-state index in [2.05, 4.69) is 34.8 Å². The Hall–Kier alpha value is -2.60. The quantitative estimate of drug-likeness (QED) is 0.894. The van der Waals surface area contributed by atoms with E-state index >= 15 is 0 Å². The minimum absolute atomic E-state index is 0.111. The summed E-state index contributed by atoms with van der Waals surface area (Å²) < 4.78 is 1.56. The van der Waals surface area contributed by atoms with E-state index < -0.39 is 6.04 Å². The molecule has 1 amide bonds. The summed E-state index contributed by atoms with van der Waals surface area (Å²) in [5, 5.41) is 4.33. The molecular weight excluding hydrogens is 328 g/mol. The Bertz CT molecular complexity index is 925. The molecule has 2 aromatic rings. The maximum Gasteiger partial charge on any atom is 0.259 e. The first kappa shape index (κ1) is 16.8. The molecule has 0 bridgehead atoms. The first-order chi connectivity index (χ1) is 12.5. The molecule has 4 rings (SSSR count). The number of likely N-dealkylation sites (N-methyl/N-ethyl adjacent to an activating group) is 1. The molecule has 6 heteroatoms. The number of aromatic nitrogens is 1. The average Bonchev–Trinajstić information content (AvgIpc) is 2.63. The summed E-state index contributed by atoms with van der Waals surface area (Å²) in [6.45, 7) is 7.87. The molecule has 1 aromatic heterocycles. The van der Waals surface area contributed by atoms with Crippen LogP contribution in [-0.2, 0) is 4.79 Å². The molecule has 2 aliphatic heterocycles. The number of carbonyl (C=O) groups is 1. The van der Waals surface area contributed by atoms with Crippen molar-refractivity contribution in [3.8, 4) is 0 Å². The Morgan fingerprint density at radius 2 is 1.88 bits per heavy atom. The molecule has 2 fully saturated rings. The molecule has 0 radical (unpaired) electrons. The number of piperidine rings is 1. The van der Waals surface area contributed by atoms with Gasteiger partial charge in [-0.2, -0.15) is 0 Å². The summed E-state index contributed by atoms with van der Waals surface area (Å²) in [7, 11) is 2.14. The van der Waals surface area contributed by atoms with Gasteiger partial charge in [0, 0.05) is 49.1 Å². The molecule has 1 aromatic carbocycles. The smallest absolute Gasteiger partial charge is 0.259 e. The number of nitrogens with one attached hydrogen (secondary N) is 1. The number of carbonyl (C=O) groups excluding carboxylic acids is 1. The van der Waals surface area contributed by atoms with Crippen molar-refractivity contribution in [2.45, 2.75) is 18.9 Å². The minimum atomic E-state index is -0.463. The predicted octanol–water partition coefficient (Wildman–Crippen LogP) is 1.72. The number of pyridine rings is 1. The van der Waals surface area contributed by atoms with Crippen LogP contribution in [0, 0.1) is 0 Å². The van der Waals surface area contributed by atoms with Crippen LogP contribution in [-0.4, -0.2) is 48.6 Å². The fourth-order valence-corrected chi connectivity index (χ4v) is 3.78. The minimum Gasteiger partial charge on any atom is -0.369 e. The topological polar surface area (TPSA) is 57.6 Å². The molecule has 2 saturated heterocycles. The van der Waals surface area contributed by atoms with Crippen molar-refractivity contribution in [2.75, 3.05) is 38.1 Å². The highest BCUT2D eigenvalue weighted by atomic mass is 16.2. The van der Waals surface area contributed by atoms with E-state index in [0.29, 0.717) is 18.2 Å². The highest BCUT2D eigenvalue weighted by Crippen LogP contribution is 2.24. The molecule has 26 heavy (non-hydrogen) atoms. The summed E-state index contributed by atoms with van der Waals surface area (Å²) in [5.74, 6) is -0.156. The summed E-state index contributed by atoms with van der Waals surface area (Å²) in [4.78, 5) is 29.8. The van der Waals surface area contributed by atoms with E-state index in [1.54, 1.807) is 10.8 Å². The van der Waals surface area contributed by atoms with Crippen molar-refractivity contribution < 1.29 is 4.79 Å². The second kappa shape index (κ2) is 6.61. The number of piperazine rings is 1. The third kappa shape index (κ3) is 3.01. The van der Waals surface area contributed by atoms with Crippen LogP contribution in [0.4, 0.5) is 5.69 Å². The van der Waals surface area contributed by atoms with Gasteiger partial charge in [-0.3, -0.25) is 9.59 Å². The summed E-state index contributed by atoms with van der Waals surface area (Å²) in [5.41, 5.74) is 1.76. The van der Waals surface area contributed by atoms with E-state index in [1.165, 1.54) is 0 Å². The van der Waals surface area contributed by atoms with Crippen LogP contribution in [0.3, 0.4) is 0 Å². The Balaban J connectivity index is 1.66. The molecule has 6 nitrogen and oxygen atoms in total. The predicted molar refractivity (Wildman–Crippen MR) is 103 cm³/mol. The summed E-state index contributed by atoms with van der Waals surface area (Å²) in [6.07, 6.45) is 3.05. The maximum absolute atomic E-state index is 12.9. The van der Waals surface area contributed by atoms with E-state index in [0.717, 1.165) is 42.9 Å². The first-order valence-electron chi connectivity index (χ1n) is 9.10. The van der Waals surface area contributed by atoms with E-state index in [1.807, 2.05) is 18.2 Å². The SMILES string of the molecule is C=C1CCC(n2ccc3cc(N4CCN(C)CC4)ccc3c2=O)C(=O)N1. The van der Waals surface area contributed by atoms with Gasteiger partial charge in [0.15, 0.2) is 0 Å². The van der Waals surface area contributed by atoms with Crippen molar-refractivity contribution in [3.63, 3.8) is 0 Å². The van der Waals surface area contributed by atoms with Gasteiger partial charge in [0.1, 0.15) is 6.04 Å². The normalized spacial score (nSPS) is 21.9. The lowest BCUT2D eigenvalue weighted by molar-refractivity contribution is -0.124. The third-order valence-corrected chi connectivity index (χ3v) is 5.44. The zero-order chi connectivity index (χ0) is 18.3. The van der Waals surface area contributed by atoms with Gasteiger partial charge in [-0.15, -0.1) is 0 Å². The van der Waals surface area contributed by atoms with Gasteiger partial charge in [0.05, 0.1) is 0 Å². The number of amides is 1. The number of fused-ring (bicyclic) bond motifs is 1. The molecule has 3 heterocycles. The van der Waals surface area contributed by atoms with Crippen molar-refractivity contribution in [3.05, 3.63) is 53.1 Å². The largest absolute Gasteiger partial charge is 0.369 e. The van der Waals surface area contributed by atoms with Crippen LogP contribution in [0.2, 0.25) is 0 Å². The standard InChI is InChI=1S/C20H24N4O2/c1-14-3-6-18(19(25)21-14)24-8-7-15-13-16(4-5-17(15)20(24)26)23-11-9-22(2)10-12-23/h4-5,7-8,13,18H,1,3,6,9-12H2,2H3,(H,21,25). The molecule has 2 aliphatic rings. The Morgan fingerprint density at radius 1 is 1.12 bits per heavy atom. The van der Waals surface area contributed by atoms with Gasteiger partial charge in [-0.1, -0.05) is 6.58 Å². The number of hydrogen-bond acceptors (Lipinski definition) is 4. The number of rotatable bonds is 2. The molecular formula is C20H24N4O2. The van der Waals surface area contributed by atoms with E-state index in [9.17, 15) is 9.59 Å². The lowest BCUT2D eigenvalue weighted by Crippen LogP contribution is -2.44. The van der Waals surface area contributed by atoms with Crippen molar-refractivity contribution >= 4 is 22.4 Å². The summed E-state index contributed by atoms with van der Waals surface area (Å²) in [6, 6.07) is 7.46. The maximum atomic E-state index is 12.9. The number of allylic oxidation sites excluding steroid dienone is 1. The zero-order valence-corrected chi connectivity index (χ0v) is 15.1. The molecule has 0 aliphatic carbocycles. The Kier molecular flexibility index (Phi) is 4.28. The van der Waals surface area contributed by atoms with Crippen LogP contribution >= 0.6 is 0 Å². The van der Waals surface area contributed by atoms with Gasteiger partial charge >= 0.3 is 0 Å². The second-order valence-corrected chi connectivity index (χ2v) is 7.24. The molecule has 0 spiro atoms. The van der Waals surface area contributed by atoms with Crippen LogP contribution in [0.25, 0.3) is 10.8 Å². The van der Waals surface area contributed by atoms with Gasteiger partial charge in [-0.25, -0.2) is 0 Å². The van der Waals surface area contributed by atoms with Gasteiger partial charge in [0.25, 0.3) is 5.56 Å². The van der Waals surface area contributed by atoms with Crippen LogP contribution in [0.1, 0.15) is 18.9 Å². The van der Waals surface area contributed by atoms with Gasteiger partial charge in [0.2, 0.25) is 5.91 Å². The second-order valence-electron chi connectivity index (χ2n) is 7.24. The summed E-state index contributed by atoms with van der Waals surface area (Å²) >= 11 is 0. The zero-order valence-electron chi connectivity index (χ0n) is 15.1. The van der Waals surface area contributed by atoms with Crippen LogP contribution in [0.5, 0.6) is 0 Å². The van der Waals surface area contributed by atoms with Gasteiger partial charge < -0.3 is 19.7 Å². The molecule has 1 atom stereocenters. The Morgan fingerprint density at radius 3 is 2.62 bits per heavy atom. The number of anilines is 1. The van der Waals surface area contributed by atoms with Crippen molar-refractivity contribution in [1.82, 2.24) is 14.8 Å². The number of nitrogens with zero attached hydrogens (tertiary/aromatic N) is 3. The fourth-order valence-electron chi connectivity index (χ4n) is 3.78. The lowest BCUT2D eigenvalue weighted by Gasteiger charge is -2.34. The van der Waals surface area contributed by atoms with Crippen LogP contribution in [0.15, 0.2) is 47.5 Å². The van der Waals surface area contributed by atoms with Crippen molar-refractivity contribution in [1.29, 1.82) is 0 Å². The monoisotopic (exact) mass is 352 g/mol. The highest BCUT2D eigenvalue weighted by molar-refractivity contribution is 5.87. The van der Waals surface area contributed by atoms with E-state index in [-0.39, 0.29) is 11.5 Å². The third-order valence-electron chi connectivity index (χ3n) is 5.44. The number of hydrogen-bond donors (Lipinski definition) is 1. The van der Waals surface area contributed by atoms with E-state index in [4.69, 9.17) is 0 Å². The van der Waals surface area contributed by atoms with Gasteiger partial charge in [-0.05, 0) is 49.5 Å². The number of benzene rings is 1. The Labute approximate surface area is 152 Å².